The molecule has 0 spiro atoms. The number of rotatable bonds is 11. The molecule has 41 heavy (non-hydrogen) atoms. The SMILES string of the molecule is COCCCCC1(CNC(=O)[C@H]2CNC[C@@H](NS(=O)(=O)c3ccc(C)cc3)C2)c2ccccc2Oc2ccccc21. The molecule has 0 aromatic heterocycles. The highest BCUT2D eigenvalue weighted by Crippen LogP contribution is 2.50. The van der Waals surface area contributed by atoms with Crippen LogP contribution < -0.4 is 20.1 Å². The minimum atomic E-state index is -3.69. The van der Waals surface area contributed by atoms with Crippen molar-refractivity contribution >= 4 is 15.9 Å². The number of amides is 1. The first-order chi connectivity index (χ1) is 19.8. The van der Waals surface area contributed by atoms with Gasteiger partial charge in [0.25, 0.3) is 0 Å². The quantitative estimate of drug-likeness (QED) is 0.294. The summed E-state index contributed by atoms with van der Waals surface area (Å²) in [5.41, 5.74) is 2.64. The van der Waals surface area contributed by atoms with Gasteiger partial charge in [0.2, 0.25) is 15.9 Å². The molecule has 2 atom stereocenters. The van der Waals surface area contributed by atoms with Gasteiger partial charge in [-0.05, 0) is 56.9 Å². The normalized spacial score (nSPS) is 19.5. The Hall–Kier alpha value is -3.24. The van der Waals surface area contributed by atoms with E-state index in [9.17, 15) is 13.2 Å². The van der Waals surface area contributed by atoms with Crippen LogP contribution in [-0.4, -0.2) is 53.7 Å². The molecule has 5 rings (SSSR count). The van der Waals surface area contributed by atoms with Crippen LogP contribution in [0.1, 0.15) is 42.4 Å². The lowest BCUT2D eigenvalue weighted by molar-refractivity contribution is -0.125. The number of hydrogen-bond donors (Lipinski definition) is 3. The van der Waals surface area contributed by atoms with Crippen molar-refractivity contribution in [2.75, 3.05) is 33.4 Å². The van der Waals surface area contributed by atoms with Crippen LogP contribution >= 0.6 is 0 Å². The van der Waals surface area contributed by atoms with Gasteiger partial charge in [-0.25, -0.2) is 13.1 Å². The molecule has 8 nitrogen and oxygen atoms in total. The average Bonchev–Trinajstić information content (AvgIpc) is 2.98. The smallest absolute Gasteiger partial charge is 0.240 e. The van der Waals surface area contributed by atoms with E-state index in [0.717, 1.165) is 47.5 Å². The molecule has 0 unspecified atom stereocenters. The summed E-state index contributed by atoms with van der Waals surface area (Å²) in [6, 6.07) is 22.5. The minimum absolute atomic E-state index is 0.0885. The average molecular weight is 578 g/mol. The van der Waals surface area contributed by atoms with Crippen LogP contribution in [0.4, 0.5) is 0 Å². The number of para-hydroxylation sites is 2. The summed E-state index contributed by atoms with van der Waals surface area (Å²) in [6.07, 6.45) is 3.06. The van der Waals surface area contributed by atoms with Crippen LogP contribution in [0.2, 0.25) is 0 Å². The highest BCUT2D eigenvalue weighted by Gasteiger charge is 2.42. The molecule has 1 saturated heterocycles. The van der Waals surface area contributed by atoms with Gasteiger partial charge in [-0.3, -0.25) is 4.79 Å². The fourth-order valence-corrected chi connectivity index (χ4v) is 7.25. The predicted molar refractivity (Wildman–Crippen MR) is 159 cm³/mol. The topological polar surface area (TPSA) is 106 Å². The number of fused-ring (bicyclic) bond motifs is 2. The summed E-state index contributed by atoms with van der Waals surface area (Å²) < 4.78 is 40.3. The molecule has 2 aliphatic rings. The monoisotopic (exact) mass is 577 g/mol. The molecule has 218 valence electrons. The van der Waals surface area contributed by atoms with Crippen LogP contribution in [0.5, 0.6) is 11.5 Å². The lowest BCUT2D eigenvalue weighted by atomic mass is 9.69. The van der Waals surface area contributed by atoms with Crippen LogP contribution in [0.15, 0.2) is 77.7 Å². The standard InChI is InChI=1S/C32H39N3O5S/c1-23-13-15-26(16-14-23)41(37,38)35-25-19-24(20-33-21-25)31(36)34-22-32(17-7-8-18-39-2)27-9-3-5-11-29(27)40-30-12-6-4-10-28(30)32/h3-6,9-16,24-25,33,35H,7-8,17-22H2,1-2H3,(H,34,36)/t24-,25+/m1/s1. The van der Waals surface area contributed by atoms with Crippen molar-refractivity contribution in [3.8, 4) is 11.5 Å². The van der Waals surface area contributed by atoms with Gasteiger partial charge in [0.05, 0.1) is 10.8 Å². The Morgan fingerprint density at radius 2 is 1.63 bits per heavy atom. The number of ether oxygens (including phenoxy) is 2. The number of methoxy groups -OCH3 is 1. The number of benzene rings is 3. The third-order valence-electron chi connectivity index (χ3n) is 8.17. The van der Waals surface area contributed by atoms with E-state index in [1.54, 1.807) is 31.4 Å². The Labute approximate surface area is 242 Å². The first kappa shape index (κ1) is 29.3. The summed E-state index contributed by atoms with van der Waals surface area (Å²) in [7, 11) is -1.98. The maximum absolute atomic E-state index is 13.6. The fourth-order valence-electron chi connectivity index (χ4n) is 6.01. The molecule has 9 heteroatoms. The van der Waals surface area contributed by atoms with E-state index in [1.807, 2.05) is 43.3 Å². The van der Waals surface area contributed by atoms with E-state index < -0.39 is 21.5 Å². The fraction of sp³-hybridized carbons (Fsp3) is 0.406. The van der Waals surface area contributed by atoms with Gasteiger partial charge in [0.1, 0.15) is 11.5 Å². The second-order valence-corrected chi connectivity index (χ2v) is 12.8. The van der Waals surface area contributed by atoms with Crippen molar-refractivity contribution in [1.29, 1.82) is 0 Å². The van der Waals surface area contributed by atoms with E-state index in [0.29, 0.717) is 32.7 Å². The van der Waals surface area contributed by atoms with E-state index in [4.69, 9.17) is 9.47 Å². The van der Waals surface area contributed by atoms with Gasteiger partial charge in [0.15, 0.2) is 0 Å². The maximum Gasteiger partial charge on any atom is 0.240 e. The predicted octanol–water partition coefficient (Wildman–Crippen LogP) is 4.28. The van der Waals surface area contributed by atoms with E-state index in [1.165, 1.54) is 0 Å². The van der Waals surface area contributed by atoms with Gasteiger partial charge in [0, 0.05) is 55.9 Å². The summed E-state index contributed by atoms with van der Waals surface area (Å²) in [5.74, 6) is 1.15. The third-order valence-corrected chi connectivity index (χ3v) is 9.70. The number of unbranched alkanes of at least 4 members (excludes halogenated alkanes) is 1. The van der Waals surface area contributed by atoms with Crippen molar-refractivity contribution in [2.45, 2.75) is 49.0 Å². The number of aryl methyl sites for hydroxylation is 1. The second kappa shape index (κ2) is 12.7. The summed E-state index contributed by atoms with van der Waals surface area (Å²) in [4.78, 5) is 13.8. The number of carbonyl (C=O) groups excluding carboxylic acids is 1. The number of nitrogens with one attached hydrogen (secondary N) is 3. The molecular formula is C32H39N3O5S. The zero-order chi connectivity index (χ0) is 28.9. The van der Waals surface area contributed by atoms with Crippen LogP contribution in [0, 0.1) is 12.8 Å². The Bertz CT molecular complexity index is 1410. The zero-order valence-electron chi connectivity index (χ0n) is 23.7. The molecule has 0 aliphatic carbocycles. The van der Waals surface area contributed by atoms with Gasteiger partial charge in [-0.2, -0.15) is 0 Å². The van der Waals surface area contributed by atoms with Crippen molar-refractivity contribution < 1.29 is 22.7 Å². The number of hydrogen-bond acceptors (Lipinski definition) is 6. The Kier molecular flexibility index (Phi) is 9.09. The third kappa shape index (κ3) is 6.48. The summed E-state index contributed by atoms with van der Waals surface area (Å²) >= 11 is 0. The molecule has 2 heterocycles. The lowest BCUT2D eigenvalue weighted by Gasteiger charge is -2.41. The van der Waals surface area contributed by atoms with Gasteiger partial charge in [-0.1, -0.05) is 54.1 Å². The Morgan fingerprint density at radius 1 is 0.976 bits per heavy atom. The van der Waals surface area contributed by atoms with Gasteiger partial charge >= 0.3 is 0 Å². The summed E-state index contributed by atoms with van der Waals surface area (Å²) in [5, 5.41) is 6.52. The molecule has 2 aliphatic heterocycles. The molecule has 1 fully saturated rings. The first-order valence-electron chi connectivity index (χ1n) is 14.3. The van der Waals surface area contributed by atoms with Gasteiger partial charge < -0.3 is 20.1 Å². The second-order valence-electron chi connectivity index (χ2n) is 11.1. The van der Waals surface area contributed by atoms with Gasteiger partial charge in [-0.15, -0.1) is 0 Å². The molecule has 3 aromatic rings. The van der Waals surface area contributed by atoms with E-state index in [2.05, 4.69) is 27.5 Å². The molecule has 0 radical (unpaired) electrons. The van der Waals surface area contributed by atoms with Crippen LogP contribution in [-0.2, 0) is 25.0 Å². The van der Waals surface area contributed by atoms with Crippen LogP contribution in [0.25, 0.3) is 0 Å². The van der Waals surface area contributed by atoms with Crippen LogP contribution in [0.3, 0.4) is 0 Å². The van der Waals surface area contributed by atoms with Crippen molar-refractivity contribution in [3.63, 3.8) is 0 Å². The lowest BCUT2D eigenvalue weighted by Crippen LogP contribution is -2.53. The van der Waals surface area contributed by atoms with E-state index in [-0.39, 0.29) is 16.7 Å². The highest BCUT2D eigenvalue weighted by molar-refractivity contribution is 7.89. The Balaban J connectivity index is 1.33. The minimum Gasteiger partial charge on any atom is -0.457 e. The molecule has 3 N–H and O–H groups in total. The largest absolute Gasteiger partial charge is 0.457 e. The van der Waals surface area contributed by atoms with Crippen molar-refractivity contribution in [1.82, 2.24) is 15.4 Å². The van der Waals surface area contributed by atoms with Crippen molar-refractivity contribution in [2.24, 2.45) is 5.92 Å². The number of piperidine rings is 1. The first-order valence-corrected chi connectivity index (χ1v) is 15.7. The molecule has 1 amide bonds. The van der Waals surface area contributed by atoms with E-state index >= 15 is 0 Å². The Morgan fingerprint density at radius 3 is 2.29 bits per heavy atom. The zero-order valence-corrected chi connectivity index (χ0v) is 24.5. The maximum atomic E-state index is 13.6. The number of carbonyl (C=O) groups is 1. The number of sulfonamides is 1. The van der Waals surface area contributed by atoms with Crippen molar-refractivity contribution in [3.05, 3.63) is 89.5 Å². The summed E-state index contributed by atoms with van der Waals surface area (Å²) in [6.45, 7) is 3.96. The molecule has 0 saturated carbocycles. The molecule has 0 bridgehead atoms. The molecule has 3 aromatic carbocycles. The highest BCUT2D eigenvalue weighted by atomic mass is 32.2. The molecular weight excluding hydrogens is 538 g/mol.